The predicted molar refractivity (Wildman–Crippen MR) is 84.1 cm³/mol. The van der Waals surface area contributed by atoms with Crippen molar-refractivity contribution in [2.45, 2.75) is 12.8 Å². The van der Waals surface area contributed by atoms with Gasteiger partial charge in [-0.3, -0.25) is 0 Å². The molecule has 1 aliphatic carbocycles. The number of benzene rings is 1. The number of anilines is 1. The maximum atomic E-state index is 5.83. The van der Waals surface area contributed by atoms with Crippen molar-refractivity contribution in [2.24, 2.45) is 11.1 Å². The average molecular weight is 287 g/mol. The molecule has 0 radical (unpaired) electrons. The van der Waals surface area contributed by atoms with Gasteiger partial charge in [-0.05, 0) is 48.4 Å². The maximum absolute atomic E-state index is 5.83. The lowest BCUT2D eigenvalue weighted by Crippen LogP contribution is -2.24. The summed E-state index contributed by atoms with van der Waals surface area (Å²) in [7, 11) is 3.28. The Kier molecular flexibility index (Phi) is 3.59. The highest BCUT2D eigenvalue weighted by Crippen LogP contribution is 2.44. The predicted octanol–water partition coefficient (Wildman–Crippen LogP) is 2.40. The highest BCUT2D eigenvalue weighted by atomic mass is 16.5. The molecule has 1 saturated carbocycles. The van der Waals surface area contributed by atoms with E-state index in [1.165, 1.54) is 12.8 Å². The first-order valence-corrected chi connectivity index (χ1v) is 7.16. The van der Waals surface area contributed by atoms with Crippen LogP contribution in [0.4, 0.5) is 5.82 Å². The molecule has 0 saturated heterocycles. The number of methoxy groups -OCH3 is 2. The summed E-state index contributed by atoms with van der Waals surface area (Å²) in [6, 6.07) is 5.90. The zero-order valence-electron chi connectivity index (χ0n) is 12.5. The zero-order valence-corrected chi connectivity index (χ0v) is 12.5. The summed E-state index contributed by atoms with van der Waals surface area (Å²) < 4.78 is 10.7. The van der Waals surface area contributed by atoms with E-state index in [0.29, 0.717) is 5.75 Å². The van der Waals surface area contributed by atoms with Crippen molar-refractivity contribution in [2.75, 3.05) is 32.6 Å². The first kappa shape index (κ1) is 13.9. The number of rotatable bonds is 6. The van der Waals surface area contributed by atoms with Crippen LogP contribution in [0.25, 0.3) is 10.8 Å². The highest BCUT2D eigenvalue weighted by Gasteiger charge is 2.40. The van der Waals surface area contributed by atoms with Crippen LogP contribution in [0.2, 0.25) is 0 Å². The van der Waals surface area contributed by atoms with Gasteiger partial charge in [-0.1, -0.05) is 0 Å². The van der Waals surface area contributed by atoms with Gasteiger partial charge in [0, 0.05) is 18.1 Å². The van der Waals surface area contributed by atoms with Crippen molar-refractivity contribution in [1.29, 1.82) is 0 Å². The largest absolute Gasteiger partial charge is 0.493 e. The molecular formula is C16H21N3O2. The smallest absolute Gasteiger partial charge is 0.161 e. The van der Waals surface area contributed by atoms with E-state index >= 15 is 0 Å². The van der Waals surface area contributed by atoms with Crippen molar-refractivity contribution in [3.05, 3.63) is 24.4 Å². The molecule has 3 N–H and O–H groups in total. The standard InChI is InChI=1S/C16H21N3O2/c1-20-13-7-11-3-6-18-15(12(11)8-14(13)21-2)19-10-16(9-17)4-5-16/h3,6-8H,4-5,9-10,17H2,1-2H3,(H,18,19). The van der Waals surface area contributed by atoms with E-state index in [1.54, 1.807) is 20.4 Å². The van der Waals surface area contributed by atoms with E-state index in [1.807, 2.05) is 18.2 Å². The monoisotopic (exact) mass is 287 g/mol. The molecule has 1 fully saturated rings. The molecule has 1 aromatic carbocycles. The third kappa shape index (κ3) is 2.61. The Hall–Kier alpha value is -2.01. The van der Waals surface area contributed by atoms with Gasteiger partial charge in [-0.25, -0.2) is 4.98 Å². The number of pyridine rings is 1. The lowest BCUT2D eigenvalue weighted by Gasteiger charge is -2.16. The SMILES string of the molecule is COc1cc2ccnc(NCC3(CN)CC3)c2cc1OC. The van der Waals surface area contributed by atoms with Gasteiger partial charge in [0.05, 0.1) is 14.2 Å². The van der Waals surface area contributed by atoms with Crippen LogP contribution in [0, 0.1) is 5.41 Å². The molecule has 112 valence electrons. The number of nitrogens with two attached hydrogens (primary N) is 1. The second-order valence-corrected chi connectivity index (χ2v) is 5.65. The van der Waals surface area contributed by atoms with Crippen LogP contribution >= 0.6 is 0 Å². The lowest BCUT2D eigenvalue weighted by atomic mass is 10.1. The maximum Gasteiger partial charge on any atom is 0.161 e. The fraction of sp³-hybridized carbons (Fsp3) is 0.438. The Balaban J connectivity index is 1.94. The third-order valence-electron chi connectivity index (χ3n) is 4.29. The van der Waals surface area contributed by atoms with Gasteiger partial charge in [-0.15, -0.1) is 0 Å². The van der Waals surface area contributed by atoms with Crippen LogP contribution in [0.1, 0.15) is 12.8 Å². The fourth-order valence-electron chi connectivity index (χ4n) is 2.54. The van der Waals surface area contributed by atoms with E-state index in [4.69, 9.17) is 15.2 Å². The lowest BCUT2D eigenvalue weighted by molar-refractivity contribution is 0.356. The summed E-state index contributed by atoms with van der Waals surface area (Å²) in [6.07, 6.45) is 4.19. The van der Waals surface area contributed by atoms with Crippen LogP contribution in [-0.2, 0) is 0 Å². The average Bonchev–Trinajstić information content (AvgIpc) is 3.32. The number of hydrogen-bond donors (Lipinski definition) is 2. The molecule has 1 aromatic heterocycles. The van der Waals surface area contributed by atoms with E-state index in [0.717, 1.165) is 35.4 Å². The number of nitrogens with one attached hydrogen (secondary N) is 1. The van der Waals surface area contributed by atoms with Gasteiger partial charge >= 0.3 is 0 Å². The Morgan fingerprint density at radius 1 is 1.24 bits per heavy atom. The van der Waals surface area contributed by atoms with Crippen molar-refractivity contribution in [3.63, 3.8) is 0 Å². The molecule has 0 bridgehead atoms. The topological polar surface area (TPSA) is 69.4 Å². The number of fused-ring (bicyclic) bond motifs is 1. The van der Waals surface area contributed by atoms with Gasteiger partial charge in [-0.2, -0.15) is 0 Å². The van der Waals surface area contributed by atoms with Crippen LogP contribution in [0.15, 0.2) is 24.4 Å². The summed E-state index contributed by atoms with van der Waals surface area (Å²) in [4.78, 5) is 4.45. The summed E-state index contributed by atoms with van der Waals surface area (Å²) in [6.45, 7) is 1.59. The molecule has 1 heterocycles. The number of nitrogens with zero attached hydrogens (tertiary/aromatic N) is 1. The van der Waals surface area contributed by atoms with Crippen LogP contribution in [-0.4, -0.2) is 32.3 Å². The quantitative estimate of drug-likeness (QED) is 0.854. The second kappa shape index (κ2) is 5.41. The zero-order chi connectivity index (χ0) is 14.9. The van der Waals surface area contributed by atoms with E-state index in [9.17, 15) is 0 Å². The van der Waals surface area contributed by atoms with Gasteiger partial charge < -0.3 is 20.5 Å². The second-order valence-electron chi connectivity index (χ2n) is 5.65. The Labute approximate surface area is 124 Å². The minimum atomic E-state index is 0.264. The molecule has 0 amide bonds. The molecule has 0 atom stereocenters. The molecule has 3 rings (SSSR count). The van der Waals surface area contributed by atoms with Crippen molar-refractivity contribution < 1.29 is 9.47 Å². The van der Waals surface area contributed by atoms with Gasteiger partial charge in [0.2, 0.25) is 0 Å². The summed E-state index contributed by atoms with van der Waals surface area (Å²) in [5.41, 5.74) is 6.10. The summed E-state index contributed by atoms with van der Waals surface area (Å²) in [5, 5.41) is 5.55. The van der Waals surface area contributed by atoms with Crippen LogP contribution in [0.3, 0.4) is 0 Å². The number of hydrogen-bond acceptors (Lipinski definition) is 5. The first-order chi connectivity index (χ1) is 10.2. The first-order valence-electron chi connectivity index (χ1n) is 7.16. The van der Waals surface area contributed by atoms with Crippen molar-refractivity contribution >= 4 is 16.6 Å². The van der Waals surface area contributed by atoms with Gasteiger partial charge in [0.25, 0.3) is 0 Å². The van der Waals surface area contributed by atoms with E-state index in [-0.39, 0.29) is 5.41 Å². The van der Waals surface area contributed by atoms with Crippen LogP contribution < -0.4 is 20.5 Å². The number of ether oxygens (including phenoxy) is 2. The Morgan fingerprint density at radius 3 is 2.57 bits per heavy atom. The minimum Gasteiger partial charge on any atom is -0.493 e. The van der Waals surface area contributed by atoms with Crippen LogP contribution in [0.5, 0.6) is 11.5 Å². The molecule has 0 unspecified atom stereocenters. The summed E-state index contributed by atoms with van der Waals surface area (Å²) >= 11 is 0. The molecule has 2 aromatic rings. The minimum absolute atomic E-state index is 0.264. The van der Waals surface area contributed by atoms with Crippen molar-refractivity contribution in [1.82, 2.24) is 4.98 Å². The molecule has 0 aliphatic heterocycles. The molecule has 5 heteroatoms. The third-order valence-corrected chi connectivity index (χ3v) is 4.29. The number of aromatic nitrogens is 1. The molecule has 21 heavy (non-hydrogen) atoms. The fourth-order valence-corrected chi connectivity index (χ4v) is 2.54. The molecule has 5 nitrogen and oxygen atoms in total. The normalized spacial score (nSPS) is 15.8. The highest BCUT2D eigenvalue weighted by molar-refractivity contribution is 5.94. The van der Waals surface area contributed by atoms with Gasteiger partial charge in [0.1, 0.15) is 5.82 Å². The van der Waals surface area contributed by atoms with Crippen molar-refractivity contribution in [3.8, 4) is 11.5 Å². The van der Waals surface area contributed by atoms with E-state index in [2.05, 4.69) is 10.3 Å². The molecule has 0 spiro atoms. The Morgan fingerprint density at radius 2 is 1.95 bits per heavy atom. The molecular weight excluding hydrogens is 266 g/mol. The summed E-state index contributed by atoms with van der Waals surface area (Å²) in [5.74, 6) is 2.30. The van der Waals surface area contributed by atoms with Gasteiger partial charge in [0.15, 0.2) is 11.5 Å². The molecule has 1 aliphatic rings. The van der Waals surface area contributed by atoms with E-state index < -0.39 is 0 Å². The Bertz CT molecular complexity index is 653.